The lowest BCUT2D eigenvalue weighted by molar-refractivity contribution is 0.0171. The average molecular weight is 176 g/mol. The molecule has 3 nitrogen and oxygen atoms in total. The maximum Gasteiger partial charge on any atom is 0.0773 e. The molecule has 0 saturated heterocycles. The molecule has 1 unspecified atom stereocenters. The van der Waals surface area contributed by atoms with Gasteiger partial charge in [-0.25, -0.2) is 0 Å². The second kappa shape index (κ2) is 8.97. The molecule has 0 aromatic rings. The van der Waals surface area contributed by atoms with Gasteiger partial charge in [0.15, 0.2) is 0 Å². The van der Waals surface area contributed by atoms with E-state index >= 15 is 0 Å². The molecule has 2 N–H and O–H groups in total. The van der Waals surface area contributed by atoms with Gasteiger partial charge < -0.3 is 14.9 Å². The minimum Gasteiger partial charge on any atom is -0.394 e. The van der Waals surface area contributed by atoms with Crippen molar-refractivity contribution in [1.82, 2.24) is 0 Å². The van der Waals surface area contributed by atoms with Gasteiger partial charge in [-0.3, -0.25) is 0 Å². The normalized spacial score (nSPS) is 13.2. The summed E-state index contributed by atoms with van der Waals surface area (Å²) < 4.78 is 4.98. The highest BCUT2D eigenvalue weighted by Gasteiger charge is 2.02. The predicted octanol–water partition coefficient (Wildman–Crippen LogP) is 0.937. The van der Waals surface area contributed by atoms with Gasteiger partial charge in [-0.15, -0.1) is 0 Å². The molecule has 0 fully saturated rings. The fourth-order valence-electron chi connectivity index (χ4n) is 0.997. The molecule has 0 radical (unpaired) electrons. The smallest absolute Gasteiger partial charge is 0.0773 e. The van der Waals surface area contributed by atoms with E-state index in [0.29, 0.717) is 13.2 Å². The summed E-state index contributed by atoms with van der Waals surface area (Å²) >= 11 is 0. The van der Waals surface area contributed by atoms with Crippen LogP contribution in [0.2, 0.25) is 0 Å². The van der Waals surface area contributed by atoms with Crippen molar-refractivity contribution in [2.75, 3.05) is 19.8 Å². The molecule has 0 heterocycles. The Morgan fingerprint density at radius 1 is 1.33 bits per heavy atom. The highest BCUT2D eigenvalue weighted by atomic mass is 16.5. The van der Waals surface area contributed by atoms with Crippen molar-refractivity contribution in [3.8, 4) is 0 Å². The molecule has 12 heavy (non-hydrogen) atoms. The molecule has 1 atom stereocenters. The molecule has 74 valence electrons. The van der Waals surface area contributed by atoms with Crippen LogP contribution in [-0.4, -0.2) is 36.1 Å². The Labute approximate surface area is 74.4 Å². The van der Waals surface area contributed by atoms with Crippen molar-refractivity contribution in [3.63, 3.8) is 0 Å². The van der Waals surface area contributed by atoms with Crippen LogP contribution in [0.4, 0.5) is 0 Å². The van der Waals surface area contributed by atoms with Crippen molar-refractivity contribution in [1.29, 1.82) is 0 Å². The van der Waals surface area contributed by atoms with Gasteiger partial charge in [0, 0.05) is 0 Å². The number of ether oxygens (including phenoxy) is 1. The third kappa shape index (κ3) is 7.98. The number of hydrogen-bond donors (Lipinski definition) is 2. The summed E-state index contributed by atoms with van der Waals surface area (Å²) in [5.41, 5.74) is 0. The molecule has 0 saturated carbocycles. The van der Waals surface area contributed by atoms with Crippen molar-refractivity contribution >= 4 is 0 Å². The minimum absolute atomic E-state index is 0.0294. The zero-order chi connectivity index (χ0) is 9.23. The van der Waals surface area contributed by atoms with Gasteiger partial charge in [-0.05, 0) is 6.42 Å². The zero-order valence-electron chi connectivity index (χ0n) is 7.83. The summed E-state index contributed by atoms with van der Waals surface area (Å²) in [6.45, 7) is 2.84. The van der Waals surface area contributed by atoms with Gasteiger partial charge in [0.25, 0.3) is 0 Å². The quantitative estimate of drug-likeness (QED) is 0.541. The molecule has 0 rings (SSSR count). The van der Waals surface area contributed by atoms with Crippen LogP contribution in [-0.2, 0) is 4.74 Å². The standard InChI is InChI=1S/C9H20O3/c1-2-3-4-5-9(11)8-12-7-6-10/h9-11H,2-8H2,1H3. The fourth-order valence-corrected chi connectivity index (χ4v) is 0.997. The fraction of sp³-hybridized carbons (Fsp3) is 1.00. The van der Waals surface area contributed by atoms with E-state index in [0.717, 1.165) is 19.3 Å². The second-order valence-corrected chi connectivity index (χ2v) is 2.95. The molecule has 0 aromatic carbocycles. The maximum absolute atomic E-state index is 9.30. The first-order chi connectivity index (χ1) is 5.81. The Morgan fingerprint density at radius 2 is 2.08 bits per heavy atom. The van der Waals surface area contributed by atoms with Gasteiger partial charge in [0.2, 0.25) is 0 Å². The van der Waals surface area contributed by atoms with Crippen LogP contribution in [0.15, 0.2) is 0 Å². The third-order valence-corrected chi connectivity index (χ3v) is 1.69. The molecule has 3 heteroatoms. The van der Waals surface area contributed by atoms with Crippen LogP contribution < -0.4 is 0 Å². The highest BCUT2D eigenvalue weighted by Crippen LogP contribution is 2.03. The SMILES string of the molecule is CCCCCC(O)COCCO. The topological polar surface area (TPSA) is 49.7 Å². The summed E-state index contributed by atoms with van der Waals surface area (Å²) in [5.74, 6) is 0. The highest BCUT2D eigenvalue weighted by molar-refractivity contribution is 4.53. The number of unbranched alkanes of at least 4 members (excludes halogenated alkanes) is 2. The molecule has 0 spiro atoms. The summed E-state index contributed by atoms with van der Waals surface area (Å²) in [4.78, 5) is 0. The van der Waals surface area contributed by atoms with Gasteiger partial charge >= 0.3 is 0 Å². The van der Waals surface area contributed by atoms with E-state index in [1.54, 1.807) is 0 Å². The van der Waals surface area contributed by atoms with Gasteiger partial charge in [-0.1, -0.05) is 26.2 Å². The second-order valence-electron chi connectivity index (χ2n) is 2.95. The zero-order valence-corrected chi connectivity index (χ0v) is 7.83. The Hall–Kier alpha value is -0.120. The maximum atomic E-state index is 9.30. The third-order valence-electron chi connectivity index (χ3n) is 1.69. The molecular formula is C9H20O3. The molecular weight excluding hydrogens is 156 g/mol. The largest absolute Gasteiger partial charge is 0.394 e. The molecule has 0 aromatic heterocycles. The summed E-state index contributed by atoms with van der Waals surface area (Å²) in [6.07, 6.45) is 3.84. The summed E-state index contributed by atoms with van der Waals surface area (Å²) in [6, 6.07) is 0. The monoisotopic (exact) mass is 176 g/mol. The minimum atomic E-state index is -0.358. The van der Waals surface area contributed by atoms with Crippen LogP contribution in [0.1, 0.15) is 32.6 Å². The first-order valence-electron chi connectivity index (χ1n) is 4.68. The number of rotatable bonds is 8. The summed E-state index contributed by atoms with van der Waals surface area (Å²) in [5, 5.41) is 17.7. The Bertz CT molecular complexity index is 75.8. The van der Waals surface area contributed by atoms with E-state index in [1.807, 2.05) is 0 Å². The van der Waals surface area contributed by atoms with E-state index in [1.165, 1.54) is 6.42 Å². The molecule has 0 aliphatic carbocycles. The van der Waals surface area contributed by atoms with Crippen molar-refractivity contribution in [2.45, 2.75) is 38.7 Å². The lowest BCUT2D eigenvalue weighted by Crippen LogP contribution is -2.16. The number of aliphatic hydroxyl groups excluding tert-OH is 2. The van der Waals surface area contributed by atoms with Crippen LogP contribution in [0.5, 0.6) is 0 Å². The van der Waals surface area contributed by atoms with Gasteiger partial charge in [-0.2, -0.15) is 0 Å². The van der Waals surface area contributed by atoms with E-state index < -0.39 is 0 Å². The molecule has 0 aliphatic rings. The van der Waals surface area contributed by atoms with Crippen LogP contribution in [0.3, 0.4) is 0 Å². The number of aliphatic hydroxyl groups is 2. The van der Waals surface area contributed by atoms with Crippen molar-refractivity contribution < 1.29 is 14.9 Å². The van der Waals surface area contributed by atoms with Gasteiger partial charge in [0.05, 0.1) is 25.9 Å². The van der Waals surface area contributed by atoms with Gasteiger partial charge in [0.1, 0.15) is 0 Å². The van der Waals surface area contributed by atoms with Crippen molar-refractivity contribution in [2.24, 2.45) is 0 Å². The van der Waals surface area contributed by atoms with E-state index in [-0.39, 0.29) is 12.7 Å². The molecule has 0 amide bonds. The Morgan fingerprint density at radius 3 is 2.67 bits per heavy atom. The Kier molecular flexibility index (Phi) is 8.88. The molecule has 0 aliphatic heterocycles. The molecule has 0 bridgehead atoms. The first kappa shape index (κ1) is 11.9. The van der Waals surface area contributed by atoms with Crippen LogP contribution in [0, 0.1) is 0 Å². The Balaban J connectivity index is 3.04. The average Bonchev–Trinajstić information content (AvgIpc) is 2.06. The van der Waals surface area contributed by atoms with E-state index in [9.17, 15) is 5.11 Å². The van der Waals surface area contributed by atoms with E-state index in [4.69, 9.17) is 9.84 Å². The predicted molar refractivity (Wildman–Crippen MR) is 48.1 cm³/mol. The lowest BCUT2D eigenvalue weighted by atomic mass is 10.1. The van der Waals surface area contributed by atoms with Crippen molar-refractivity contribution in [3.05, 3.63) is 0 Å². The number of hydrogen-bond acceptors (Lipinski definition) is 3. The summed E-state index contributed by atoms with van der Waals surface area (Å²) in [7, 11) is 0. The van der Waals surface area contributed by atoms with Crippen LogP contribution in [0.25, 0.3) is 0 Å². The first-order valence-corrected chi connectivity index (χ1v) is 4.68. The van der Waals surface area contributed by atoms with Crippen LogP contribution >= 0.6 is 0 Å². The lowest BCUT2D eigenvalue weighted by Gasteiger charge is -2.09. The van der Waals surface area contributed by atoms with E-state index in [2.05, 4.69) is 6.92 Å².